The van der Waals surface area contributed by atoms with Gasteiger partial charge in [0.05, 0.1) is 24.8 Å². The molecule has 30 heavy (non-hydrogen) atoms. The Hall–Kier alpha value is -2.84. The lowest BCUT2D eigenvalue weighted by atomic mass is 10.1. The molecule has 0 fully saturated rings. The fraction of sp³-hybridized carbons (Fsp3) is 0.136. The van der Waals surface area contributed by atoms with Gasteiger partial charge in [0.1, 0.15) is 0 Å². The van der Waals surface area contributed by atoms with Crippen LogP contribution < -0.4 is 9.47 Å². The quantitative estimate of drug-likeness (QED) is 0.395. The zero-order valence-electron chi connectivity index (χ0n) is 16.6. The SMILES string of the molecule is COc1ccc(-c2cc3cc(Br)cnc3n2S(=O)(=O)c2ccc(C)cc2)cc1OC. The van der Waals surface area contributed by atoms with Gasteiger partial charge in [-0.15, -0.1) is 0 Å². The van der Waals surface area contributed by atoms with Crippen molar-refractivity contribution in [3.63, 3.8) is 0 Å². The second-order valence-electron chi connectivity index (χ2n) is 6.75. The van der Waals surface area contributed by atoms with Crippen LogP contribution in [0.25, 0.3) is 22.3 Å². The van der Waals surface area contributed by atoms with Gasteiger partial charge in [-0.25, -0.2) is 17.4 Å². The summed E-state index contributed by atoms with van der Waals surface area (Å²) in [5.41, 5.74) is 2.48. The number of aryl methyl sites for hydroxylation is 1. The van der Waals surface area contributed by atoms with Crippen molar-refractivity contribution in [2.45, 2.75) is 11.8 Å². The molecule has 0 unspecified atom stereocenters. The van der Waals surface area contributed by atoms with E-state index < -0.39 is 10.0 Å². The van der Waals surface area contributed by atoms with Crippen LogP contribution in [0.15, 0.2) is 70.2 Å². The van der Waals surface area contributed by atoms with Crippen LogP contribution in [-0.2, 0) is 10.0 Å². The monoisotopic (exact) mass is 486 g/mol. The Morgan fingerprint density at radius 2 is 1.63 bits per heavy atom. The van der Waals surface area contributed by atoms with Crippen LogP contribution in [0.4, 0.5) is 0 Å². The number of fused-ring (bicyclic) bond motifs is 1. The van der Waals surface area contributed by atoms with Crippen molar-refractivity contribution in [1.29, 1.82) is 0 Å². The van der Waals surface area contributed by atoms with Crippen molar-refractivity contribution in [3.05, 3.63) is 70.8 Å². The Morgan fingerprint density at radius 1 is 0.933 bits per heavy atom. The number of aromatic nitrogens is 2. The van der Waals surface area contributed by atoms with E-state index in [1.54, 1.807) is 68.9 Å². The maximum atomic E-state index is 13.6. The third-order valence-electron chi connectivity index (χ3n) is 4.80. The lowest BCUT2D eigenvalue weighted by Crippen LogP contribution is -2.14. The number of methoxy groups -OCH3 is 2. The summed E-state index contributed by atoms with van der Waals surface area (Å²) in [5, 5.41) is 0.699. The number of nitrogens with zero attached hydrogens (tertiary/aromatic N) is 2. The van der Waals surface area contributed by atoms with Crippen molar-refractivity contribution in [2.75, 3.05) is 14.2 Å². The molecule has 0 bridgehead atoms. The molecule has 0 amide bonds. The molecule has 8 heteroatoms. The van der Waals surface area contributed by atoms with Gasteiger partial charge in [-0.1, -0.05) is 17.7 Å². The van der Waals surface area contributed by atoms with E-state index in [9.17, 15) is 8.42 Å². The maximum Gasteiger partial charge on any atom is 0.269 e. The van der Waals surface area contributed by atoms with Gasteiger partial charge in [-0.05, 0) is 65.3 Å². The minimum Gasteiger partial charge on any atom is -0.493 e. The average Bonchev–Trinajstić information content (AvgIpc) is 3.12. The molecule has 2 heterocycles. The van der Waals surface area contributed by atoms with Gasteiger partial charge >= 0.3 is 0 Å². The second-order valence-corrected chi connectivity index (χ2v) is 9.45. The number of pyridine rings is 1. The zero-order chi connectivity index (χ0) is 21.5. The molecular formula is C22H19BrN2O4S. The molecule has 4 rings (SSSR count). The Kier molecular flexibility index (Phi) is 5.29. The third-order valence-corrected chi connectivity index (χ3v) is 6.96. The molecule has 154 valence electrons. The lowest BCUT2D eigenvalue weighted by molar-refractivity contribution is 0.355. The molecule has 0 radical (unpaired) electrons. The van der Waals surface area contributed by atoms with Gasteiger partial charge in [-0.3, -0.25) is 0 Å². The van der Waals surface area contributed by atoms with Crippen LogP contribution >= 0.6 is 15.9 Å². The molecular weight excluding hydrogens is 468 g/mol. The lowest BCUT2D eigenvalue weighted by Gasteiger charge is -2.14. The van der Waals surface area contributed by atoms with Gasteiger partial charge in [-0.2, -0.15) is 0 Å². The first kappa shape index (κ1) is 20.4. The summed E-state index contributed by atoms with van der Waals surface area (Å²) in [4.78, 5) is 4.59. The van der Waals surface area contributed by atoms with Gasteiger partial charge in [0.25, 0.3) is 10.0 Å². The maximum absolute atomic E-state index is 13.6. The predicted octanol–water partition coefficient (Wildman–Crippen LogP) is 5.03. The molecule has 0 atom stereocenters. The summed E-state index contributed by atoms with van der Waals surface area (Å²) >= 11 is 3.41. The van der Waals surface area contributed by atoms with Crippen molar-refractivity contribution in [1.82, 2.24) is 8.96 Å². The van der Waals surface area contributed by atoms with E-state index in [-0.39, 0.29) is 4.90 Å². The summed E-state index contributed by atoms with van der Waals surface area (Å²) in [6, 6.07) is 15.7. The molecule has 0 N–H and O–H groups in total. The van der Waals surface area contributed by atoms with Crippen molar-refractivity contribution < 1.29 is 17.9 Å². The van der Waals surface area contributed by atoms with Gasteiger partial charge in [0.15, 0.2) is 17.1 Å². The highest BCUT2D eigenvalue weighted by molar-refractivity contribution is 9.10. The molecule has 0 spiro atoms. The van der Waals surface area contributed by atoms with Crippen LogP contribution in [0.1, 0.15) is 5.56 Å². The number of benzene rings is 2. The highest BCUT2D eigenvalue weighted by Crippen LogP contribution is 2.36. The number of hydrogen-bond donors (Lipinski definition) is 0. The molecule has 0 aliphatic rings. The first-order valence-electron chi connectivity index (χ1n) is 9.07. The highest BCUT2D eigenvalue weighted by Gasteiger charge is 2.25. The summed E-state index contributed by atoms with van der Waals surface area (Å²) in [5.74, 6) is 1.07. The van der Waals surface area contributed by atoms with Gasteiger partial charge in [0.2, 0.25) is 0 Å². The fourth-order valence-electron chi connectivity index (χ4n) is 3.30. The largest absolute Gasteiger partial charge is 0.493 e. The predicted molar refractivity (Wildman–Crippen MR) is 120 cm³/mol. The minimum atomic E-state index is -3.90. The average molecular weight is 487 g/mol. The summed E-state index contributed by atoms with van der Waals surface area (Å²) in [6.07, 6.45) is 1.59. The Bertz CT molecular complexity index is 1350. The molecule has 0 aliphatic carbocycles. The number of hydrogen-bond acceptors (Lipinski definition) is 5. The van der Waals surface area contributed by atoms with E-state index in [2.05, 4.69) is 20.9 Å². The second kappa shape index (κ2) is 7.77. The summed E-state index contributed by atoms with van der Waals surface area (Å²) < 4.78 is 40.0. The number of ether oxygens (including phenoxy) is 2. The molecule has 2 aromatic carbocycles. The van der Waals surface area contributed by atoms with Crippen LogP contribution in [0.5, 0.6) is 11.5 Å². The van der Waals surface area contributed by atoms with E-state index in [1.165, 1.54) is 3.97 Å². The Labute approximate surface area is 183 Å². The fourth-order valence-corrected chi connectivity index (χ4v) is 5.14. The Balaban J connectivity index is 2.03. The van der Waals surface area contributed by atoms with E-state index in [1.807, 2.05) is 13.0 Å². The van der Waals surface area contributed by atoms with E-state index >= 15 is 0 Å². The molecule has 0 saturated carbocycles. The number of rotatable bonds is 5. The van der Waals surface area contributed by atoms with Crippen molar-refractivity contribution in [2.24, 2.45) is 0 Å². The molecule has 4 aromatic rings. The van der Waals surface area contributed by atoms with Gasteiger partial charge < -0.3 is 9.47 Å². The van der Waals surface area contributed by atoms with Crippen LogP contribution in [0, 0.1) is 6.92 Å². The third kappa shape index (κ3) is 3.46. The molecule has 6 nitrogen and oxygen atoms in total. The standard InChI is InChI=1S/C22H19BrN2O4S/c1-14-4-7-18(8-5-14)30(26,27)25-19(11-16-10-17(23)13-24-22(16)25)15-6-9-20(28-2)21(12-15)29-3/h4-13H,1-3H3. The summed E-state index contributed by atoms with van der Waals surface area (Å²) in [7, 11) is -0.805. The molecule has 0 saturated heterocycles. The van der Waals surface area contributed by atoms with Crippen molar-refractivity contribution >= 4 is 37.0 Å². The van der Waals surface area contributed by atoms with Crippen LogP contribution in [0.3, 0.4) is 0 Å². The highest BCUT2D eigenvalue weighted by atomic mass is 79.9. The smallest absolute Gasteiger partial charge is 0.269 e. The molecule has 2 aromatic heterocycles. The first-order valence-corrected chi connectivity index (χ1v) is 11.3. The Morgan fingerprint density at radius 3 is 2.30 bits per heavy atom. The first-order chi connectivity index (χ1) is 14.3. The minimum absolute atomic E-state index is 0.192. The zero-order valence-corrected chi connectivity index (χ0v) is 19.0. The van der Waals surface area contributed by atoms with Crippen LogP contribution in [-0.4, -0.2) is 31.6 Å². The topological polar surface area (TPSA) is 70.4 Å². The van der Waals surface area contributed by atoms with E-state index in [4.69, 9.17) is 9.47 Å². The normalized spacial score (nSPS) is 11.6. The van der Waals surface area contributed by atoms with Gasteiger partial charge in [0, 0.05) is 21.6 Å². The summed E-state index contributed by atoms with van der Waals surface area (Å²) in [6.45, 7) is 1.91. The number of halogens is 1. The van der Waals surface area contributed by atoms with E-state index in [0.29, 0.717) is 33.8 Å². The molecule has 0 aliphatic heterocycles. The van der Waals surface area contributed by atoms with Crippen LogP contribution in [0.2, 0.25) is 0 Å². The van der Waals surface area contributed by atoms with Crippen molar-refractivity contribution in [3.8, 4) is 22.8 Å². The van der Waals surface area contributed by atoms with E-state index in [0.717, 1.165) is 10.0 Å².